The lowest BCUT2D eigenvalue weighted by Gasteiger charge is -2.19. The van der Waals surface area contributed by atoms with Gasteiger partial charge in [0.15, 0.2) is 0 Å². The van der Waals surface area contributed by atoms with Crippen molar-refractivity contribution >= 4 is 0 Å². The summed E-state index contributed by atoms with van der Waals surface area (Å²) in [5.74, 6) is 1.91. The highest BCUT2D eigenvalue weighted by atomic mass is 16.3. The van der Waals surface area contributed by atoms with Crippen LogP contribution in [0.5, 0.6) is 0 Å². The Hall–Kier alpha value is -1.74. The summed E-state index contributed by atoms with van der Waals surface area (Å²) in [6.07, 6.45) is 3.39. The predicted octanol–water partition coefficient (Wildman–Crippen LogP) is 3.45. The lowest BCUT2D eigenvalue weighted by Crippen LogP contribution is -2.24. The summed E-state index contributed by atoms with van der Waals surface area (Å²) >= 11 is 0. The molecule has 0 saturated carbocycles. The summed E-state index contributed by atoms with van der Waals surface area (Å²) in [5, 5.41) is 0. The quantitative estimate of drug-likeness (QED) is 0.713. The molecule has 0 spiro atoms. The maximum atomic E-state index is 5.36. The van der Waals surface area contributed by atoms with E-state index in [2.05, 4.69) is 11.5 Å². The first-order chi connectivity index (χ1) is 8.24. The second kappa shape index (κ2) is 5.55. The molecule has 3 nitrogen and oxygen atoms in total. The fraction of sp³-hybridized carbons (Fsp3) is 0.286. The molecule has 0 aliphatic rings. The van der Waals surface area contributed by atoms with E-state index in [1.165, 1.54) is 0 Å². The van der Waals surface area contributed by atoms with Gasteiger partial charge in [-0.2, -0.15) is 0 Å². The van der Waals surface area contributed by atoms with Gasteiger partial charge in [-0.1, -0.05) is 12.2 Å². The molecule has 0 aliphatic carbocycles. The molecule has 2 aromatic rings. The molecule has 2 aromatic heterocycles. The largest absolute Gasteiger partial charge is 0.468 e. The van der Waals surface area contributed by atoms with E-state index in [1.807, 2.05) is 31.2 Å². The molecular formula is C14H17NO2. The number of hydrogen-bond acceptors (Lipinski definition) is 3. The maximum Gasteiger partial charge on any atom is 0.117 e. The zero-order chi connectivity index (χ0) is 12.1. The Morgan fingerprint density at radius 3 is 2.00 bits per heavy atom. The third kappa shape index (κ3) is 3.64. The van der Waals surface area contributed by atoms with Crippen LogP contribution < -0.4 is 0 Å². The van der Waals surface area contributed by atoms with Crippen molar-refractivity contribution in [3.63, 3.8) is 0 Å². The van der Waals surface area contributed by atoms with Crippen LogP contribution in [0.15, 0.2) is 57.8 Å². The first-order valence-electron chi connectivity index (χ1n) is 5.65. The van der Waals surface area contributed by atoms with Gasteiger partial charge in [-0.3, -0.25) is 4.90 Å². The first kappa shape index (κ1) is 11.7. The average molecular weight is 231 g/mol. The minimum atomic E-state index is 0.764. The molecule has 0 amide bonds. The van der Waals surface area contributed by atoms with Gasteiger partial charge in [0.1, 0.15) is 11.5 Å². The van der Waals surface area contributed by atoms with Gasteiger partial charge in [0, 0.05) is 6.54 Å². The van der Waals surface area contributed by atoms with E-state index in [1.54, 1.807) is 12.5 Å². The minimum absolute atomic E-state index is 0.764. The summed E-state index contributed by atoms with van der Waals surface area (Å²) in [6.45, 7) is 8.34. The molecule has 0 N–H and O–H groups in total. The van der Waals surface area contributed by atoms with Gasteiger partial charge >= 0.3 is 0 Å². The predicted molar refractivity (Wildman–Crippen MR) is 66.3 cm³/mol. The third-order valence-corrected chi connectivity index (χ3v) is 2.41. The molecule has 0 atom stereocenters. The highest BCUT2D eigenvalue weighted by molar-refractivity contribution is 5.03. The second-order valence-corrected chi connectivity index (χ2v) is 4.26. The van der Waals surface area contributed by atoms with Gasteiger partial charge in [0.25, 0.3) is 0 Å². The van der Waals surface area contributed by atoms with Crippen LogP contribution in [0.3, 0.4) is 0 Å². The molecule has 2 rings (SSSR count). The van der Waals surface area contributed by atoms with Crippen LogP contribution in [-0.2, 0) is 13.1 Å². The molecule has 2 heterocycles. The van der Waals surface area contributed by atoms with Crippen molar-refractivity contribution in [3.05, 3.63) is 60.5 Å². The summed E-state index contributed by atoms with van der Waals surface area (Å²) in [4.78, 5) is 2.24. The van der Waals surface area contributed by atoms with Crippen molar-refractivity contribution in [3.8, 4) is 0 Å². The molecule has 0 radical (unpaired) electrons. The van der Waals surface area contributed by atoms with Crippen LogP contribution in [-0.4, -0.2) is 11.4 Å². The first-order valence-corrected chi connectivity index (χ1v) is 5.65. The molecule has 0 fully saturated rings. The normalized spacial score (nSPS) is 10.9. The van der Waals surface area contributed by atoms with E-state index in [0.717, 1.165) is 36.7 Å². The van der Waals surface area contributed by atoms with Crippen LogP contribution in [0.2, 0.25) is 0 Å². The van der Waals surface area contributed by atoms with Crippen LogP contribution in [0.1, 0.15) is 18.4 Å². The Morgan fingerprint density at radius 1 is 1.12 bits per heavy atom. The highest BCUT2D eigenvalue weighted by Gasteiger charge is 2.10. The second-order valence-electron chi connectivity index (χ2n) is 4.26. The zero-order valence-corrected chi connectivity index (χ0v) is 10.1. The number of furan rings is 2. The molecule has 0 aliphatic heterocycles. The van der Waals surface area contributed by atoms with Crippen molar-refractivity contribution in [1.82, 2.24) is 4.90 Å². The highest BCUT2D eigenvalue weighted by Crippen LogP contribution is 2.12. The van der Waals surface area contributed by atoms with Gasteiger partial charge in [-0.25, -0.2) is 0 Å². The summed E-state index contributed by atoms with van der Waals surface area (Å²) in [6, 6.07) is 7.77. The van der Waals surface area contributed by atoms with E-state index >= 15 is 0 Å². The lowest BCUT2D eigenvalue weighted by molar-refractivity contribution is 0.235. The van der Waals surface area contributed by atoms with Crippen LogP contribution in [0, 0.1) is 0 Å². The number of hydrogen-bond donors (Lipinski definition) is 0. The fourth-order valence-electron chi connectivity index (χ4n) is 1.80. The molecule has 0 bridgehead atoms. The van der Waals surface area contributed by atoms with Crippen molar-refractivity contribution < 1.29 is 8.83 Å². The van der Waals surface area contributed by atoms with Crippen molar-refractivity contribution in [1.29, 1.82) is 0 Å². The molecule has 3 heteroatoms. The smallest absolute Gasteiger partial charge is 0.117 e. The number of rotatable bonds is 6. The van der Waals surface area contributed by atoms with Crippen LogP contribution >= 0.6 is 0 Å². The van der Waals surface area contributed by atoms with E-state index in [0.29, 0.717) is 0 Å². The van der Waals surface area contributed by atoms with Gasteiger partial charge < -0.3 is 8.83 Å². The SMILES string of the molecule is C=C(C)CN(Cc1ccco1)Cc1ccco1. The Balaban J connectivity index is 2.00. The molecule has 0 aromatic carbocycles. The molecule has 0 saturated heterocycles. The minimum Gasteiger partial charge on any atom is -0.468 e. The lowest BCUT2D eigenvalue weighted by atomic mass is 10.3. The van der Waals surface area contributed by atoms with Crippen LogP contribution in [0.25, 0.3) is 0 Å². The summed E-state index contributed by atoms with van der Waals surface area (Å²) in [7, 11) is 0. The Labute approximate surface area is 101 Å². The fourth-order valence-corrected chi connectivity index (χ4v) is 1.80. The third-order valence-electron chi connectivity index (χ3n) is 2.41. The molecule has 0 unspecified atom stereocenters. The average Bonchev–Trinajstić information content (AvgIpc) is 2.89. The Morgan fingerprint density at radius 2 is 1.65 bits per heavy atom. The Kier molecular flexibility index (Phi) is 3.83. The summed E-state index contributed by atoms with van der Waals surface area (Å²) in [5.41, 5.74) is 1.13. The van der Waals surface area contributed by atoms with Crippen molar-refractivity contribution in [2.75, 3.05) is 6.54 Å². The molecule has 90 valence electrons. The topological polar surface area (TPSA) is 29.5 Å². The number of nitrogens with zero attached hydrogens (tertiary/aromatic N) is 1. The van der Waals surface area contributed by atoms with Crippen molar-refractivity contribution in [2.24, 2.45) is 0 Å². The van der Waals surface area contributed by atoms with Gasteiger partial charge in [-0.15, -0.1) is 0 Å². The summed E-state index contributed by atoms with van der Waals surface area (Å²) < 4.78 is 10.7. The van der Waals surface area contributed by atoms with E-state index in [4.69, 9.17) is 8.83 Å². The zero-order valence-electron chi connectivity index (χ0n) is 10.1. The molecule has 17 heavy (non-hydrogen) atoms. The maximum absolute atomic E-state index is 5.36. The van der Waals surface area contributed by atoms with Gasteiger partial charge in [-0.05, 0) is 31.2 Å². The van der Waals surface area contributed by atoms with E-state index in [-0.39, 0.29) is 0 Å². The van der Waals surface area contributed by atoms with Gasteiger partial charge in [0.05, 0.1) is 25.6 Å². The van der Waals surface area contributed by atoms with E-state index < -0.39 is 0 Å². The molecular weight excluding hydrogens is 214 g/mol. The standard InChI is InChI=1S/C14H17NO2/c1-12(2)9-15(10-13-5-3-7-16-13)11-14-6-4-8-17-14/h3-8H,1,9-11H2,2H3. The van der Waals surface area contributed by atoms with E-state index in [9.17, 15) is 0 Å². The van der Waals surface area contributed by atoms with Crippen LogP contribution in [0.4, 0.5) is 0 Å². The monoisotopic (exact) mass is 231 g/mol. The Bertz CT molecular complexity index is 406. The van der Waals surface area contributed by atoms with Crippen molar-refractivity contribution in [2.45, 2.75) is 20.0 Å². The van der Waals surface area contributed by atoms with Gasteiger partial charge in [0.2, 0.25) is 0 Å².